The van der Waals surface area contributed by atoms with Crippen molar-refractivity contribution in [3.8, 4) is 17.2 Å². The predicted octanol–water partition coefficient (Wildman–Crippen LogP) is 1.72. The van der Waals surface area contributed by atoms with Crippen molar-refractivity contribution in [1.29, 1.82) is 0 Å². The van der Waals surface area contributed by atoms with E-state index in [1.54, 1.807) is 6.07 Å². The number of ether oxygens (including phenoxy) is 1. The Labute approximate surface area is 162 Å². The second-order valence-electron chi connectivity index (χ2n) is 7.25. The summed E-state index contributed by atoms with van der Waals surface area (Å²) in [6.07, 6.45) is 3.71. The maximum absolute atomic E-state index is 12.7. The number of methoxy groups -OCH3 is 1. The molecule has 1 aromatic heterocycles. The highest BCUT2D eigenvalue weighted by atomic mass is 16.5. The van der Waals surface area contributed by atoms with Crippen molar-refractivity contribution in [1.82, 2.24) is 14.9 Å². The van der Waals surface area contributed by atoms with Gasteiger partial charge >= 0.3 is 0 Å². The van der Waals surface area contributed by atoms with Gasteiger partial charge in [0.05, 0.1) is 24.1 Å². The topological polar surface area (TPSA) is 111 Å². The third-order valence-corrected chi connectivity index (χ3v) is 5.29. The number of phenolic OH excluding ortho intramolecular Hbond substituents is 2. The quantitative estimate of drug-likeness (QED) is 0.692. The molecule has 3 N–H and O–H groups in total. The van der Waals surface area contributed by atoms with Gasteiger partial charge in [0.25, 0.3) is 5.56 Å². The summed E-state index contributed by atoms with van der Waals surface area (Å²) in [6, 6.07) is 3.21. The van der Waals surface area contributed by atoms with Crippen LogP contribution in [0.3, 0.4) is 0 Å². The van der Waals surface area contributed by atoms with E-state index in [0.29, 0.717) is 30.9 Å². The molecule has 4 rings (SSSR count). The van der Waals surface area contributed by atoms with Gasteiger partial charge in [-0.3, -0.25) is 14.7 Å². The van der Waals surface area contributed by atoms with Crippen LogP contribution in [0.15, 0.2) is 21.9 Å². The van der Waals surface area contributed by atoms with Crippen LogP contribution >= 0.6 is 0 Å². The van der Waals surface area contributed by atoms with E-state index >= 15 is 0 Å². The van der Waals surface area contributed by atoms with E-state index in [4.69, 9.17) is 4.74 Å². The van der Waals surface area contributed by atoms with Crippen molar-refractivity contribution >= 4 is 5.71 Å². The number of hydrogen-bond acceptors (Lipinski definition) is 7. The predicted molar refractivity (Wildman–Crippen MR) is 104 cm³/mol. The van der Waals surface area contributed by atoms with Crippen molar-refractivity contribution in [3.63, 3.8) is 0 Å². The normalized spacial score (nSPS) is 17.1. The molecule has 2 aliphatic heterocycles. The van der Waals surface area contributed by atoms with E-state index in [1.807, 2.05) is 0 Å². The lowest BCUT2D eigenvalue weighted by molar-refractivity contribution is 0.240. The molecular formula is C20H24N4O4. The molecular weight excluding hydrogens is 360 g/mol. The van der Waals surface area contributed by atoms with Gasteiger partial charge in [0.1, 0.15) is 0 Å². The van der Waals surface area contributed by atoms with Gasteiger partial charge in [-0.1, -0.05) is 0 Å². The largest absolute Gasteiger partial charge is 0.504 e. The summed E-state index contributed by atoms with van der Waals surface area (Å²) in [5.74, 6) is 0.355. The van der Waals surface area contributed by atoms with Crippen molar-refractivity contribution in [3.05, 3.63) is 45.1 Å². The number of aliphatic imine (C=N–C) groups is 1. The van der Waals surface area contributed by atoms with E-state index in [1.165, 1.54) is 13.2 Å². The second kappa shape index (κ2) is 7.63. The number of aromatic nitrogens is 2. The molecule has 0 radical (unpaired) electrons. The van der Waals surface area contributed by atoms with Gasteiger partial charge in [-0.15, -0.1) is 0 Å². The number of fused-ring (bicyclic) bond motifs is 1. The van der Waals surface area contributed by atoms with Crippen LogP contribution in [-0.2, 0) is 19.5 Å². The molecule has 2 aliphatic rings. The number of H-pyrrole nitrogens is 1. The Kier molecular flexibility index (Phi) is 5.04. The van der Waals surface area contributed by atoms with E-state index in [-0.39, 0.29) is 22.8 Å². The fraction of sp³-hybridized carbons (Fsp3) is 0.450. The van der Waals surface area contributed by atoms with Crippen LogP contribution in [0.5, 0.6) is 17.2 Å². The first-order valence-corrected chi connectivity index (χ1v) is 9.52. The molecule has 1 aromatic carbocycles. The monoisotopic (exact) mass is 384 g/mol. The van der Waals surface area contributed by atoms with Crippen LogP contribution in [0.1, 0.15) is 41.9 Å². The third-order valence-electron chi connectivity index (χ3n) is 5.29. The average molecular weight is 384 g/mol. The van der Waals surface area contributed by atoms with E-state index in [2.05, 4.69) is 19.9 Å². The van der Waals surface area contributed by atoms with Gasteiger partial charge in [-0.2, -0.15) is 0 Å². The summed E-state index contributed by atoms with van der Waals surface area (Å²) in [5.41, 5.74) is 3.12. The first-order valence-electron chi connectivity index (χ1n) is 9.52. The highest BCUT2D eigenvalue weighted by molar-refractivity contribution is 5.97. The molecule has 8 nitrogen and oxygen atoms in total. The summed E-state index contributed by atoms with van der Waals surface area (Å²) < 4.78 is 5.10. The Balaban J connectivity index is 1.55. The minimum absolute atomic E-state index is 0.107. The summed E-state index contributed by atoms with van der Waals surface area (Å²) in [6.45, 7) is 2.55. The summed E-state index contributed by atoms with van der Waals surface area (Å²) >= 11 is 0. The minimum atomic E-state index is -0.269. The smallest absolute Gasteiger partial charge is 0.255 e. The van der Waals surface area contributed by atoms with E-state index in [0.717, 1.165) is 49.3 Å². The summed E-state index contributed by atoms with van der Waals surface area (Å²) in [5, 5.41) is 19.6. The van der Waals surface area contributed by atoms with Crippen LogP contribution in [0.2, 0.25) is 0 Å². The number of aromatic amines is 1. The zero-order valence-electron chi connectivity index (χ0n) is 15.9. The van der Waals surface area contributed by atoms with Crippen molar-refractivity contribution in [2.75, 3.05) is 20.2 Å². The molecule has 0 unspecified atom stereocenters. The van der Waals surface area contributed by atoms with Gasteiger partial charge in [-0.05, 0) is 37.0 Å². The lowest BCUT2D eigenvalue weighted by atomic mass is 10.0. The number of phenols is 2. The number of nitrogens with one attached hydrogen (secondary N) is 1. The van der Waals surface area contributed by atoms with Gasteiger partial charge in [0.2, 0.25) is 5.75 Å². The Morgan fingerprint density at radius 3 is 2.86 bits per heavy atom. The number of rotatable bonds is 4. The lowest BCUT2D eigenvalue weighted by Crippen LogP contribution is -2.36. The van der Waals surface area contributed by atoms with Crippen LogP contribution < -0.4 is 10.3 Å². The highest BCUT2D eigenvalue weighted by Gasteiger charge is 2.23. The molecule has 148 valence electrons. The van der Waals surface area contributed by atoms with Crippen molar-refractivity contribution in [2.24, 2.45) is 4.99 Å². The molecule has 3 heterocycles. The molecule has 0 atom stereocenters. The zero-order valence-corrected chi connectivity index (χ0v) is 15.9. The van der Waals surface area contributed by atoms with Crippen LogP contribution in [0.25, 0.3) is 0 Å². The van der Waals surface area contributed by atoms with Crippen molar-refractivity contribution < 1.29 is 14.9 Å². The number of hydrogen-bond donors (Lipinski definition) is 3. The Morgan fingerprint density at radius 2 is 2.11 bits per heavy atom. The van der Waals surface area contributed by atoms with Gasteiger partial charge in [0, 0.05) is 32.6 Å². The van der Waals surface area contributed by atoms with Crippen LogP contribution in [-0.4, -0.2) is 51.0 Å². The molecule has 0 amide bonds. The summed E-state index contributed by atoms with van der Waals surface area (Å²) in [7, 11) is 1.44. The summed E-state index contributed by atoms with van der Waals surface area (Å²) in [4.78, 5) is 26.9. The molecule has 0 saturated carbocycles. The van der Waals surface area contributed by atoms with Crippen LogP contribution in [0.4, 0.5) is 0 Å². The van der Waals surface area contributed by atoms with Gasteiger partial charge in [-0.25, -0.2) is 4.98 Å². The van der Waals surface area contributed by atoms with Gasteiger partial charge < -0.3 is 19.9 Å². The molecule has 0 fully saturated rings. The van der Waals surface area contributed by atoms with Crippen LogP contribution in [0, 0.1) is 0 Å². The first-order chi connectivity index (χ1) is 13.5. The molecule has 0 spiro atoms. The van der Waals surface area contributed by atoms with E-state index in [9.17, 15) is 15.0 Å². The Hall–Kier alpha value is -2.87. The number of benzene rings is 1. The fourth-order valence-electron chi connectivity index (χ4n) is 3.80. The fourth-order valence-corrected chi connectivity index (χ4v) is 3.80. The minimum Gasteiger partial charge on any atom is -0.504 e. The first kappa shape index (κ1) is 18.5. The lowest BCUT2D eigenvalue weighted by Gasteiger charge is -2.28. The third kappa shape index (κ3) is 3.60. The molecule has 0 saturated heterocycles. The molecule has 2 aromatic rings. The van der Waals surface area contributed by atoms with Gasteiger partial charge in [0.15, 0.2) is 17.3 Å². The molecule has 8 heteroatoms. The maximum atomic E-state index is 12.7. The standard InChI is InChI=1S/C20H24N4O4/c1-28-17-9-12(8-16(25)18(17)26)10-24-7-5-14-13(11-24)20(27)23-19(22-14)15-4-2-3-6-21-15/h8-9,25-26H,2-7,10-11H2,1H3,(H,22,23,27). The average Bonchev–Trinajstić information content (AvgIpc) is 2.71. The second-order valence-corrected chi connectivity index (χ2v) is 7.25. The molecule has 28 heavy (non-hydrogen) atoms. The number of nitrogens with zero attached hydrogens (tertiary/aromatic N) is 3. The van der Waals surface area contributed by atoms with Crippen molar-refractivity contribution in [2.45, 2.75) is 38.8 Å². The maximum Gasteiger partial charge on any atom is 0.255 e. The zero-order chi connectivity index (χ0) is 19.7. The Morgan fingerprint density at radius 1 is 1.25 bits per heavy atom. The Bertz CT molecular complexity index is 983. The molecule has 0 bridgehead atoms. The highest BCUT2D eigenvalue weighted by Crippen LogP contribution is 2.36. The van der Waals surface area contributed by atoms with E-state index < -0.39 is 0 Å². The molecule has 0 aliphatic carbocycles. The number of aromatic hydroxyl groups is 2. The SMILES string of the molecule is COc1cc(CN2CCc3nc(C4=NCCCC4)[nH]c(=O)c3C2)cc(O)c1O.